The van der Waals surface area contributed by atoms with E-state index in [4.69, 9.17) is 11.6 Å². The van der Waals surface area contributed by atoms with E-state index in [1.165, 1.54) is 18.4 Å². The molecule has 152 valence electrons. The number of alkyl halides is 1. The Balaban J connectivity index is 2.20. The second-order valence-electron chi connectivity index (χ2n) is 5.90. The first-order valence-electron chi connectivity index (χ1n) is 8.71. The van der Waals surface area contributed by atoms with Crippen molar-refractivity contribution in [2.24, 2.45) is 0 Å². The van der Waals surface area contributed by atoms with E-state index >= 15 is 0 Å². The maximum absolute atomic E-state index is 12.6. The Bertz CT molecular complexity index is 922. The van der Waals surface area contributed by atoms with Crippen molar-refractivity contribution in [2.45, 2.75) is 6.42 Å². The highest BCUT2D eigenvalue weighted by Gasteiger charge is 2.15. The Kier molecular flexibility index (Phi) is 8.64. The van der Waals surface area contributed by atoms with Crippen molar-refractivity contribution in [3.8, 4) is 0 Å². The zero-order chi connectivity index (χ0) is 21.2. The minimum Gasteiger partial charge on any atom is -0.469 e. The topological polar surface area (TPSA) is 84.5 Å². The van der Waals surface area contributed by atoms with Crippen molar-refractivity contribution < 1.29 is 19.1 Å². The zero-order valence-electron chi connectivity index (χ0n) is 15.9. The average Bonchev–Trinajstić information content (AvgIpc) is 3.21. The van der Waals surface area contributed by atoms with Crippen LogP contribution >= 0.6 is 22.9 Å². The van der Waals surface area contributed by atoms with Gasteiger partial charge < -0.3 is 15.4 Å². The van der Waals surface area contributed by atoms with Crippen molar-refractivity contribution in [1.82, 2.24) is 10.6 Å². The van der Waals surface area contributed by atoms with Crippen LogP contribution in [0.1, 0.15) is 26.5 Å². The van der Waals surface area contributed by atoms with Gasteiger partial charge in [0.2, 0.25) is 0 Å². The fourth-order valence-electron chi connectivity index (χ4n) is 2.25. The number of thiophene rings is 1. The predicted molar refractivity (Wildman–Crippen MR) is 116 cm³/mol. The molecule has 0 atom stereocenters. The summed E-state index contributed by atoms with van der Waals surface area (Å²) in [5, 5.41) is 5.25. The zero-order valence-corrected chi connectivity index (χ0v) is 17.4. The van der Waals surface area contributed by atoms with Gasteiger partial charge in [0.25, 0.3) is 11.8 Å². The lowest BCUT2D eigenvalue weighted by Gasteiger charge is -2.10. The Labute approximate surface area is 178 Å². The van der Waals surface area contributed by atoms with Gasteiger partial charge in [0, 0.05) is 27.7 Å². The highest BCUT2D eigenvalue weighted by atomic mass is 35.5. The summed E-state index contributed by atoms with van der Waals surface area (Å²) in [5.41, 5.74) is 1.26. The quantitative estimate of drug-likeness (QED) is 0.361. The van der Waals surface area contributed by atoms with Gasteiger partial charge in [0.05, 0.1) is 13.5 Å². The van der Waals surface area contributed by atoms with Crippen molar-refractivity contribution >= 4 is 52.4 Å². The maximum Gasteiger partial charge on any atom is 0.307 e. The third-order valence-electron chi connectivity index (χ3n) is 3.79. The molecule has 1 aromatic carbocycles. The summed E-state index contributed by atoms with van der Waals surface area (Å²) in [5.74, 6) is -1.06. The summed E-state index contributed by atoms with van der Waals surface area (Å²) >= 11 is 7.22. The van der Waals surface area contributed by atoms with Crippen LogP contribution in [0.5, 0.6) is 0 Å². The molecule has 0 saturated heterocycles. The summed E-state index contributed by atoms with van der Waals surface area (Å²) in [7, 11) is 1.28. The Morgan fingerprint density at radius 2 is 1.90 bits per heavy atom. The lowest BCUT2D eigenvalue weighted by molar-refractivity contribution is -0.140. The second-order valence-corrected chi connectivity index (χ2v) is 7.28. The van der Waals surface area contributed by atoms with Gasteiger partial charge in [-0.3, -0.25) is 14.4 Å². The largest absolute Gasteiger partial charge is 0.469 e. The maximum atomic E-state index is 12.6. The summed E-state index contributed by atoms with van der Waals surface area (Å²) in [6, 6.07) is 12.2. The Morgan fingerprint density at radius 1 is 1.17 bits per heavy atom. The molecule has 0 unspecified atom stereocenters. The van der Waals surface area contributed by atoms with Crippen LogP contribution in [-0.4, -0.2) is 37.3 Å². The fraction of sp³-hybridized carbons (Fsp3) is 0.190. The van der Waals surface area contributed by atoms with E-state index in [0.717, 1.165) is 15.3 Å². The number of hydrogen-bond donors (Lipinski definition) is 2. The van der Waals surface area contributed by atoms with Crippen LogP contribution in [0.25, 0.3) is 11.6 Å². The molecule has 6 nitrogen and oxygen atoms in total. The van der Waals surface area contributed by atoms with Gasteiger partial charge in [-0.15, -0.1) is 22.9 Å². The molecule has 2 N–H and O–H groups in total. The first kappa shape index (κ1) is 22.4. The van der Waals surface area contributed by atoms with E-state index in [0.29, 0.717) is 11.4 Å². The SMILES string of the molecule is C=C(CCl)c1ccc(/C=C(\NC(=O)c2ccccc2)C(=O)NCCC(=O)OC)s1. The van der Waals surface area contributed by atoms with Crippen LogP contribution in [0.15, 0.2) is 54.7 Å². The number of halogens is 1. The summed E-state index contributed by atoms with van der Waals surface area (Å²) < 4.78 is 4.55. The molecule has 0 spiro atoms. The molecule has 0 aliphatic heterocycles. The summed E-state index contributed by atoms with van der Waals surface area (Å²) in [6.45, 7) is 3.98. The number of benzene rings is 1. The van der Waals surface area contributed by atoms with Gasteiger partial charge >= 0.3 is 5.97 Å². The van der Waals surface area contributed by atoms with Crippen LogP contribution < -0.4 is 10.6 Å². The summed E-state index contributed by atoms with van der Waals surface area (Å²) in [6.07, 6.45) is 1.60. The van der Waals surface area contributed by atoms with Crippen LogP contribution in [0.3, 0.4) is 0 Å². The lowest BCUT2D eigenvalue weighted by Crippen LogP contribution is -2.35. The number of methoxy groups -OCH3 is 1. The number of rotatable bonds is 9. The van der Waals surface area contributed by atoms with Crippen LogP contribution in [0.2, 0.25) is 0 Å². The van der Waals surface area contributed by atoms with E-state index < -0.39 is 17.8 Å². The molecule has 0 aliphatic carbocycles. The van der Waals surface area contributed by atoms with Gasteiger partial charge in [-0.25, -0.2) is 0 Å². The third kappa shape index (κ3) is 6.89. The summed E-state index contributed by atoms with van der Waals surface area (Å²) in [4.78, 5) is 38.0. The van der Waals surface area contributed by atoms with Gasteiger partial charge in [-0.1, -0.05) is 24.8 Å². The molecule has 1 aromatic heterocycles. The monoisotopic (exact) mass is 432 g/mol. The minimum absolute atomic E-state index is 0.0286. The van der Waals surface area contributed by atoms with Gasteiger partial charge in [-0.05, 0) is 35.9 Å². The molecule has 8 heteroatoms. The van der Waals surface area contributed by atoms with E-state index in [1.807, 2.05) is 12.1 Å². The molecule has 2 rings (SSSR count). The smallest absolute Gasteiger partial charge is 0.307 e. The number of hydrogen-bond acceptors (Lipinski definition) is 5. The van der Waals surface area contributed by atoms with Gasteiger partial charge in [-0.2, -0.15) is 0 Å². The van der Waals surface area contributed by atoms with Crippen LogP contribution in [-0.2, 0) is 14.3 Å². The third-order valence-corrected chi connectivity index (χ3v) is 5.25. The predicted octanol–water partition coefficient (Wildman–Crippen LogP) is 3.45. The molecule has 1 heterocycles. The molecule has 2 aromatic rings. The highest BCUT2D eigenvalue weighted by molar-refractivity contribution is 7.14. The molecule has 0 radical (unpaired) electrons. The van der Waals surface area contributed by atoms with Crippen LogP contribution in [0, 0.1) is 0 Å². The Morgan fingerprint density at radius 3 is 2.55 bits per heavy atom. The molecule has 2 amide bonds. The highest BCUT2D eigenvalue weighted by Crippen LogP contribution is 2.25. The van der Waals surface area contributed by atoms with Crippen molar-refractivity contribution in [3.63, 3.8) is 0 Å². The number of carbonyl (C=O) groups is 3. The molecule has 29 heavy (non-hydrogen) atoms. The standard InChI is InChI=1S/C21H21ClN2O4S/c1-14(13-22)18-9-8-16(29-18)12-17(21(27)23-11-10-19(25)28-2)24-20(26)15-6-4-3-5-7-15/h3-9,12H,1,10-11,13H2,2H3,(H,23,27)(H,24,26)/b17-12-. The Hall–Kier alpha value is -2.90. The van der Waals surface area contributed by atoms with Gasteiger partial charge in [0.15, 0.2) is 0 Å². The van der Waals surface area contributed by atoms with E-state index in [-0.39, 0.29) is 18.7 Å². The first-order valence-corrected chi connectivity index (χ1v) is 10.1. The first-order chi connectivity index (χ1) is 13.9. The normalized spacial score (nSPS) is 10.9. The van der Waals surface area contributed by atoms with Crippen molar-refractivity contribution in [1.29, 1.82) is 0 Å². The van der Waals surface area contributed by atoms with Crippen molar-refractivity contribution in [2.75, 3.05) is 19.5 Å². The number of esters is 1. The minimum atomic E-state index is -0.510. The molecular weight excluding hydrogens is 412 g/mol. The molecule has 0 fully saturated rings. The molecule has 0 aliphatic rings. The average molecular weight is 433 g/mol. The number of carbonyl (C=O) groups excluding carboxylic acids is 3. The molecule has 0 saturated carbocycles. The van der Waals surface area contributed by atoms with E-state index in [9.17, 15) is 14.4 Å². The molecule has 0 bridgehead atoms. The van der Waals surface area contributed by atoms with Gasteiger partial charge in [0.1, 0.15) is 5.70 Å². The number of nitrogens with one attached hydrogen (secondary N) is 2. The lowest BCUT2D eigenvalue weighted by atomic mass is 10.2. The van der Waals surface area contributed by atoms with E-state index in [1.54, 1.807) is 36.4 Å². The number of allylic oxidation sites excluding steroid dienone is 1. The van der Waals surface area contributed by atoms with E-state index in [2.05, 4.69) is 21.9 Å². The van der Waals surface area contributed by atoms with Crippen LogP contribution in [0.4, 0.5) is 0 Å². The molecular formula is C21H21ClN2O4S. The number of ether oxygens (including phenoxy) is 1. The number of amides is 2. The van der Waals surface area contributed by atoms with Crippen molar-refractivity contribution in [3.05, 3.63) is 70.1 Å². The fourth-order valence-corrected chi connectivity index (χ4v) is 3.39. The second kappa shape index (κ2) is 11.2.